The van der Waals surface area contributed by atoms with E-state index >= 15 is 0 Å². The molecule has 2 aliphatic rings. The Morgan fingerprint density at radius 1 is 1.05 bits per heavy atom. The molecule has 2 aliphatic carbocycles. The molecule has 1 aromatic heterocycles. The summed E-state index contributed by atoms with van der Waals surface area (Å²) >= 11 is 0. The van der Waals surface area contributed by atoms with Gasteiger partial charge in [0.2, 0.25) is 0 Å². The molecule has 0 aliphatic heterocycles. The maximum atomic E-state index is 4.60. The molecule has 2 aromatic rings. The summed E-state index contributed by atoms with van der Waals surface area (Å²) in [5.74, 6) is 2.73. The fourth-order valence-corrected chi connectivity index (χ4v) is 4.40. The highest BCUT2D eigenvalue weighted by molar-refractivity contribution is 5.60. The summed E-state index contributed by atoms with van der Waals surface area (Å²) in [6, 6.07) is 13.5. The van der Waals surface area contributed by atoms with Crippen molar-refractivity contribution in [2.45, 2.75) is 44.9 Å². The third kappa shape index (κ3) is 2.39. The summed E-state index contributed by atoms with van der Waals surface area (Å²) in [7, 11) is 0. The Kier molecular flexibility index (Phi) is 3.29. The number of aromatic nitrogens is 1. The van der Waals surface area contributed by atoms with Gasteiger partial charge in [0.05, 0.1) is 5.69 Å². The molecule has 21 heavy (non-hydrogen) atoms. The number of hydrogen-bond donors (Lipinski definition) is 0. The lowest BCUT2D eigenvalue weighted by Gasteiger charge is -2.22. The van der Waals surface area contributed by atoms with E-state index in [1.807, 2.05) is 6.20 Å². The first-order chi connectivity index (χ1) is 10.3. The van der Waals surface area contributed by atoms with E-state index in [-0.39, 0.29) is 0 Å². The van der Waals surface area contributed by atoms with Crippen LogP contribution in [0.25, 0.3) is 11.3 Å². The van der Waals surface area contributed by atoms with Gasteiger partial charge in [0.1, 0.15) is 0 Å². The fraction of sp³-hybridized carbons (Fsp3) is 0.450. The monoisotopic (exact) mass is 277 g/mol. The molecule has 1 nitrogen and oxygen atoms in total. The molecule has 2 bridgehead atoms. The predicted octanol–water partition coefficient (Wildman–Crippen LogP) is 5.21. The van der Waals surface area contributed by atoms with E-state index < -0.39 is 0 Å². The van der Waals surface area contributed by atoms with Crippen molar-refractivity contribution in [2.75, 3.05) is 0 Å². The zero-order chi connectivity index (χ0) is 14.2. The van der Waals surface area contributed by atoms with E-state index in [4.69, 9.17) is 0 Å². The molecule has 0 spiro atoms. The van der Waals surface area contributed by atoms with E-state index in [0.717, 1.165) is 29.9 Å². The summed E-state index contributed by atoms with van der Waals surface area (Å²) in [6.07, 6.45) is 8.88. The van der Waals surface area contributed by atoms with E-state index in [2.05, 4.69) is 48.3 Å². The molecule has 3 atom stereocenters. The van der Waals surface area contributed by atoms with Gasteiger partial charge in [-0.1, -0.05) is 37.6 Å². The van der Waals surface area contributed by atoms with Crippen molar-refractivity contribution in [3.05, 3.63) is 53.7 Å². The number of nitrogens with zero attached hydrogens (tertiary/aromatic N) is 1. The van der Waals surface area contributed by atoms with Crippen molar-refractivity contribution in [1.29, 1.82) is 0 Å². The van der Waals surface area contributed by atoms with Gasteiger partial charge in [0, 0.05) is 11.8 Å². The van der Waals surface area contributed by atoms with Crippen LogP contribution in [0, 0.1) is 11.8 Å². The Morgan fingerprint density at radius 3 is 2.57 bits per heavy atom. The highest BCUT2D eigenvalue weighted by Crippen LogP contribution is 2.52. The van der Waals surface area contributed by atoms with Gasteiger partial charge in [0.15, 0.2) is 0 Å². The highest BCUT2D eigenvalue weighted by Gasteiger charge is 2.40. The number of aryl methyl sites for hydroxylation is 1. The van der Waals surface area contributed by atoms with Gasteiger partial charge in [-0.05, 0) is 66.7 Å². The number of hydrogen-bond acceptors (Lipinski definition) is 1. The van der Waals surface area contributed by atoms with Crippen LogP contribution >= 0.6 is 0 Å². The molecule has 0 radical (unpaired) electrons. The van der Waals surface area contributed by atoms with Crippen molar-refractivity contribution in [3.8, 4) is 11.3 Å². The summed E-state index contributed by atoms with van der Waals surface area (Å²) < 4.78 is 0. The Morgan fingerprint density at radius 2 is 1.90 bits per heavy atom. The minimum Gasteiger partial charge on any atom is -0.256 e. The quantitative estimate of drug-likeness (QED) is 0.750. The van der Waals surface area contributed by atoms with Crippen LogP contribution in [-0.4, -0.2) is 4.98 Å². The average Bonchev–Trinajstić information content (AvgIpc) is 3.18. The van der Waals surface area contributed by atoms with E-state index in [0.29, 0.717) is 0 Å². The molecule has 0 N–H and O–H groups in total. The van der Waals surface area contributed by atoms with Gasteiger partial charge in [-0.2, -0.15) is 0 Å². The normalized spacial score (nSPS) is 27.2. The first-order valence-electron chi connectivity index (χ1n) is 8.38. The minimum atomic E-state index is 0.792. The number of pyridine rings is 1. The van der Waals surface area contributed by atoms with Gasteiger partial charge in [-0.15, -0.1) is 0 Å². The summed E-state index contributed by atoms with van der Waals surface area (Å²) in [5, 5.41) is 0. The smallest absolute Gasteiger partial charge is 0.0704 e. The largest absolute Gasteiger partial charge is 0.256 e. The van der Waals surface area contributed by atoms with Crippen LogP contribution in [-0.2, 0) is 6.42 Å². The van der Waals surface area contributed by atoms with Crippen LogP contribution in [0.15, 0.2) is 42.6 Å². The molecular formula is C20H23N. The van der Waals surface area contributed by atoms with Gasteiger partial charge >= 0.3 is 0 Å². The summed E-state index contributed by atoms with van der Waals surface area (Å²) in [5.41, 5.74) is 5.30. The first-order valence-corrected chi connectivity index (χ1v) is 8.38. The maximum Gasteiger partial charge on any atom is 0.0704 e. The second kappa shape index (κ2) is 5.29. The van der Waals surface area contributed by atoms with Gasteiger partial charge in [0.25, 0.3) is 0 Å². The van der Waals surface area contributed by atoms with E-state index in [9.17, 15) is 0 Å². The van der Waals surface area contributed by atoms with E-state index in [1.54, 1.807) is 0 Å². The molecule has 0 saturated heterocycles. The van der Waals surface area contributed by atoms with Gasteiger partial charge in [-0.25, -0.2) is 0 Å². The summed E-state index contributed by atoms with van der Waals surface area (Å²) in [4.78, 5) is 4.60. The van der Waals surface area contributed by atoms with Crippen LogP contribution in [0.3, 0.4) is 0 Å². The molecule has 4 rings (SSSR count). The Balaban J connectivity index is 1.63. The third-order valence-corrected chi connectivity index (χ3v) is 5.61. The molecule has 1 heteroatoms. The van der Waals surface area contributed by atoms with Crippen molar-refractivity contribution in [3.63, 3.8) is 0 Å². The Hall–Kier alpha value is -1.63. The lowest BCUT2D eigenvalue weighted by Crippen LogP contribution is -2.08. The van der Waals surface area contributed by atoms with Gasteiger partial charge in [-0.3, -0.25) is 4.98 Å². The number of fused-ring (bicyclic) bond motifs is 2. The lowest BCUT2D eigenvalue weighted by molar-refractivity contribution is 0.420. The van der Waals surface area contributed by atoms with Crippen LogP contribution in [0.5, 0.6) is 0 Å². The topological polar surface area (TPSA) is 12.9 Å². The van der Waals surface area contributed by atoms with E-state index in [1.165, 1.54) is 42.4 Å². The molecule has 108 valence electrons. The second-order valence-electron chi connectivity index (χ2n) is 6.81. The second-order valence-corrected chi connectivity index (χ2v) is 6.81. The third-order valence-electron chi connectivity index (χ3n) is 5.61. The number of rotatable bonds is 3. The average molecular weight is 277 g/mol. The molecule has 3 unspecified atom stereocenters. The molecule has 1 aromatic carbocycles. The van der Waals surface area contributed by atoms with Crippen LogP contribution in [0.1, 0.15) is 49.7 Å². The van der Waals surface area contributed by atoms with Crippen LogP contribution in [0.2, 0.25) is 0 Å². The predicted molar refractivity (Wildman–Crippen MR) is 87.2 cm³/mol. The fourth-order valence-electron chi connectivity index (χ4n) is 4.40. The highest BCUT2D eigenvalue weighted by atomic mass is 14.7. The lowest BCUT2D eigenvalue weighted by atomic mass is 9.83. The molecule has 1 heterocycles. The zero-order valence-electron chi connectivity index (χ0n) is 12.8. The van der Waals surface area contributed by atoms with Crippen molar-refractivity contribution < 1.29 is 0 Å². The zero-order valence-corrected chi connectivity index (χ0v) is 12.8. The van der Waals surface area contributed by atoms with Crippen LogP contribution in [0.4, 0.5) is 0 Å². The number of benzene rings is 1. The van der Waals surface area contributed by atoms with Gasteiger partial charge < -0.3 is 0 Å². The molecular weight excluding hydrogens is 254 g/mol. The standard InChI is InChI=1S/C20H23N/c1-2-14-3-6-16(7-4-14)20-13-18(9-10-21-20)19-12-15-5-8-17(19)11-15/h3-4,6-7,9-10,13,15,17,19H,2,5,8,11-12H2,1H3. The molecule has 0 amide bonds. The maximum absolute atomic E-state index is 4.60. The van der Waals surface area contributed by atoms with Crippen molar-refractivity contribution in [1.82, 2.24) is 4.98 Å². The Labute approximate surface area is 127 Å². The van der Waals surface area contributed by atoms with Crippen LogP contribution < -0.4 is 0 Å². The van der Waals surface area contributed by atoms with Crippen molar-refractivity contribution in [2.24, 2.45) is 11.8 Å². The molecule has 2 fully saturated rings. The molecule has 2 saturated carbocycles. The Bertz CT molecular complexity index is 629. The van der Waals surface area contributed by atoms with Crippen molar-refractivity contribution >= 4 is 0 Å². The summed E-state index contributed by atoms with van der Waals surface area (Å²) in [6.45, 7) is 2.20. The SMILES string of the molecule is CCc1ccc(-c2cc(C3CC4CCC3C4)ccn2)cc1. The minimum absolute atomic E-state index is 0.792. The first kappa shape index (κ1) is 13.1.